The molecule has 0 unspecified atom stereocenters. The van der Waals surface area contributed by atoms with Gasteiger partial charge in [-0.05, 0) is 81.3 Å². The van der Waals surface area contributed by atoms with Crippen LogP contribution >= 0.6 is 11.3 Å². The molecule has 0 aliphatic rings. The minimum atomic E-state index is -1.71. The first-order valence-corrected chi connectivity index (χ1v) is 18.2. The van der Waals surface area contributed by atoms with Gasteiger partial charge in [-0.25, -0.2) is 9.78 Å². The van der Waals surface area contributed by atoms with E-state index in [4.69, 9.17) is 13.9 Å². The molecule has 1 heterocycles. The lowest BCUT2D eigenvalue weighted by atomic mass is 10.00. The van der Waals surface area contributed by atoms with Crippen LogP contribution in [0.2, 0.25) is 18.1 Å². The first-order valence-electron chi connectivity index (χ1n) is 14.4. The summed E-state index contributed by atoms with van der Waals surface area (Å²) >= 11 is 1.61. The quantitative estimate of drug-likeness (QED) is 0.118. The number of esters is 1. The molecular formula is C33H51NO4SSi. The molecule has 2 aromatic rings. The molecule has 0 spiro atoms. The van der Waals surface area contributed by atoms with Crippen molar-refractivity contribution in [2.45, 2.75) is 104 Å². The van der Waals surface area contributed by atoms with Crippen LogP contribution in [-0.4, -0.2) is 39.1 Å². The number of methoxy groups -OCH3 is 1. The summed E-state index contributed by atoms with van der Waals surface area (Å²) < 4.78 is 18.0. The van der Waals surface area contributed by atoms with Gasteiger partial charge in [0.1, 0.15) is 6.10 Å². The first kappa shape index (κ1) is 34.1. The Morgan fingerprint density at radius 2 is 1.82 bits per heavy atom. The molecule has 0 aliphatic carbocycles. The molecule has 0 N–H and O–H groups in total. The van der Waals surface area contributed by atoms with Gasteiger partial charge in [0.25, 0.3) is 0 Å². The summed E-state index contributed by atoms with van der Waals surface area (Å²) in [6.45, 7) is 20.8. The van der Waals surface area contributed by atoms with E-state index in [-0.39, 0.29) is 11.0 Å². The molecule has 1 aromatic heterocycles. The van der Waals surface area contributed by atoms with E-state index in [0.29, 0.717) is 12.3 Å². The summed E-state index contributed by atoms with van der Waals surface area (Å²) in [5.41, 5.74) is 3.94. The van der Waals surface area contributed by atoms with Crippen molar-refractivity contribution in [1.82, 2.24) is 4.98 Å². The zero-order valence-electron chi connectivity index (χ0n) is 26.4. The fourth-order valence-corrected chi connectivity index (χ4v) is 5.79. The Kier molecular flexibility index (Phi) is 13.5. The normalized spacial score (nSPS) is 15.6. The van der Waals surface area contributed by atoms with Crippen LogP contribution in [0.15, 0.2) is 52.9 Å². The molecular weight excluding hydrogens is 535 g/mol. The minimum Gasteiger partial charge on any atom is -0.455 e. The second kappa shape index (κ2) is 15.8. The molecule has 40 heavy (non-hydrogen) atoms. The number of hydrogen-bond acceptors (Lipinski definition) is 6. The van der Waals surface area contributed by atoms with E-state index < -0.39 is 20.5 Å². The Morgan fingerprint density at radius 1 is 1.15 bits per heavy atom. The maximum Gasteiger partial charge on any atom is 0.340 e. The molecule has 0 bridgehead atoms. The molecule has 0 fully saturated rings. The van der Waals surface area contributed by atoms with Gasteiger partial charge in [0, 0.05) is 25.5 Å². The highest BCUT2D eigenvalue weighted by molar-refractivity contribution is 7.09. The number of carbonyl (C=O) groups excluding carboxylic acids is 1. The number of aromatic nitrogens is 1. The predicted octanol–water partition coefficient (Wildman–Crippen LogP) is 9.32. The summed E-state index contributed by atoms with van der Waals surface area (Å²) in [6, 6.07) is 9.48. The summed E-state index contributed by atoms with van der Waals surface area (Å²) in [4.78, 5) is 17.8. The number of thiazole rings is 1. The largest absolute Gasteiger partial charge is 0.455 e. The molecule has 1 aromatic carbocycles. The van der Waals surface area contributed by atoms with Gasteiger partial charge >= 0.3 is 5.97 Å². The van der Waals surface area contributed by atoms with Crippen molar-refractivity contribution in [3.8, 4) is 0 Å². The topological polar surface area (TPSA) is 57.7 Å². The third kappa shape index (κ3) is 11.1. The van der Waals surface area contributed by atoms with E-state index >= 15 is 0 Å². The number of allylic oxidation sites excluding steroid dienone is 1. The molecule has 0 saturated heterocycles. The van der Waals surface area contributed by atoms with Crippen LogP contribution in [0.5, 0.6) is 0 Å². The summed E-state index contributed by atoms with van der Waals surface area (Å²) in [5.74, 6) is 0.147. The number of carbonyl (C=O) groups is 1. The maximum atomic E-state index is 13.2. The van der Waals surface area contributed by atoms with Crippen molar-refractivity contribution in [2.75, 3.05) is 13.7 Å². The number of hydrogen-bond donors (Lipinski definition) is 0. The standard InChI is InChI=1S/C33H51NO4SSi/c1-24(15-14-16-25(2)22-37-40(9,10)33(5,6)7)19-20-30(26(3)21-29-23-39-27(4)34-29)38-32(35)31(36-8)28-17-12-11-13-18-28/h11-13,17-19,21,23,25,30-31H,14-16,20,22H2,1-10H3/t25-,30-,31+/m0/s1. The Hall–Kier alpha value is -2.06. The lowest BCUT2D eigenvalue weighted by Crippen LogP contribution is -2.41. The van der Waals surface area contributed by atoms with E-state index in [1.165, 1.54) is 12.7 Å². The second-order valence-electron chi connectivity index (χ2n) is 12.5. The Morgan fingerprint density at radius 3 is 2.40 bits per heavy atom. The summed E-state index contributed by atoms with van der Waals surface area (Å²) in [6.07, 6.45) is 6.93. The lowest BCUT2D eigenvalue weighted by Gasteiger charge is -2.37. The molecule has 0 radical (unpaired) electrons. The molecule has 5 nitrogen and oxygen atoms in total. The van der Waals surface area contributed by atoms with Gasteiger partial charge in [-0.3, -0.25) is 0 Å². The fourth-order valence-electron chi connectivity index (χ4n) is 4.09. The number of aryl methyl sites for hydroxylation is 1. The van der Waals surface area contributed by atoms with Crippen LogP contribution in [0.25, 0.3) is 6.08 Å². The van der Waals surface area contributed by atoms with E-state index in [9.17, 15) is 4.79 Å². The van der Waals surface area contributed by atoms with E-state index in [1.807, 2.05) is 55.6 Å². The van der Waals surface area contributed by atoms with Gasteiger partial charge in [-0.2, -0.15) is 0 Å². The Bertz CT molecular complexity index is 1120. The van der Waals surface area contributed by atoms with Gasteiger partial charge < -0.3 is 13.9 Å². The third-order valence-corrected chi connectivity index (χ3v) is 13.1. The van der Waals surface area contributed by atoms with Crippen molar-refractivity contribution in [3.63, 3.8) is 0 Å². The van der Waals surface area contributed by atoms with Gasteiger partial charge in [-0.15, -0.1) is 11.3 Å². The van der Waals surface area contributed by atoms with Crippen molar-refractivity contribution < 1.29 is 18.7 Å². The van der Waals surface area contributed by atoms with E-state index in [1.54, 1.807) is 11.3 Å². The average molecular weight is 586 g/mol. The SMILES string of the molecule is CO[C@@H](C(=O)O[C@@H](CC=C(C)CCC[C@H](C)CO[Si](C)(C)C(C)(C)C)C(C)=Cc1csc(C)n1)c1ccccc1. The second-order valence-corrected chi connectivity index (χ2v) is 18.4. The third-order valence-electron chi connectivity index (χ3n) is 7.81. The highest BCUT2D eigenvalue weighted by Crippen LogP contribution is 2.37. The summed E-state index contributed by atoms with van der Waals surface area (Å²) in [7, 11) is -0.170. The number of rotatable bonds is 15. The van der Waals surface area contributed by atoms with Crippen LogP contribution in [0.1, 0.15) is 89.6 Å². The van der Waals surface area contributed by atoms with Gasteiger partial charge in [-0.1, -0.05) is 69.7 Å². The van der Waals surface area contributed by atoms with Crippen molar-refractivity contribution in [2.24, 2.45) is 5.92 Å². The van der Waals surface area contributed by atoms with Gasteiger partial charge in [0.15, 0.2) is 14.4 Å². The molecule has 7 heteroatoms. The van der Waals surface area contributed by atoms with Crippen LogP contribution in [0.4, 0.5) is 0 Å². The average Bonchev–Trinajstić information content (AvgIpc) is 3.29. The van der Waals surface area contributed by atoms with Crippen LogP contribution in [-0.2, 0) is 18.7 Å². The predicted molar refractivity (Wildman–Crippen MR) is 171 cm³/mol. The number of nitrogens with zero attached hydrogens (tertiary/aromatic N) is 1. The zero-order valence-corrected chi connectivity index (χ0v) is 28.2. The smallest absolute Gasteiger partial charge is 0.340 e. The molecule has 0 amide bonds. The number of benzene rings is 1. The van der Waals surface area contributed by atoms with E-state index in [0.717, 1.165) is 47.7 Å². The first-order chi connectivity index (χ1) is 18.7. The monoisotopic (exact) mass is 585 g/mol. The van der Waals surface area contributed by atoms with Crippen LogP contribution < -0.4 is 0 Å². The van der Waals surface area contributed by atoms with Crippen LogP contribution in [0.3, 0.4) is 0 Å². The van der Waals surface area contributed by atoms with Crippen molar-refractivity contribution in [1.29, 1.82) is 0 Å². The highest BCUT2D eigenvalue weighted by atomic mass is 32.1. The molecule has 0 saturated carbocycles. The Balaban J connectivity index is 2.03. The lowest BCUT2D eigenvalue weighted by molar-refractivity contribution is -0.159. The van der Waals surface area contributed by atoms with E-state index in [2.05, 4.69) is 58.8 Å². The molecule has 222 valence electrons. The fraction of sp³-hybridized carbons (Fsp3) is 0.576. The van der Waals surface area contributed by atoms with Crippen LogP contribution in [0, 0.1) is 12.8 Å². The molecule has 3 atom stereocenters. The molecule has 0 aliphatic heterocycles. The van der Waals surface area contributed by atoms with Crippen molar-refractivity contribution in [3.05, 3.63) is 69.2 Å². The van der Waals surface area contributed by atoms with Crippen molar-refractivity contribution >= 4 is 31.7 Å². The number of ether oxygens (including phenoxy) is 2. The van der Waals surface area contributed by atoms with Gasteiger partial charge in [0.2, 0.25) is 0 Å². The maximum absolute atomic E-state index is 13.2. The highest BCUT2D eigenvalue weighted by Gasteiger charge is 2.37. The van der Waals surface area contributed by atoms with Gasteiger partial charge in [0.05, 0.1) is 10.7 Å². The molecule has 2 rings (SSSR count). The minimum absolute atomic E-state index is 0.237. The zero-order chi connectivity index (χ0) is 29.9. The summed E-state index contributed by atoms with van der Waals surface area (Å²) in [5, 5.41) is 3.27. The Labute approximate surface area is 248 Å².